The van der Waals surface area contributed by atoms with E-state index in [0.717, 1.165) is 11.4 Å². The van der Waals surface area contributed by atoms with Crippen LogP contribution in [0.5, 0.6) is 0 Å². The number of nitrogens with zero attached hydrogens (tertiary/aromatic N) is 2. The van der Waals surface area contributed by atoms with Crippen molar-refractivity contribution in [3.8, 4) is 5.69 Å². The number of aryl methyl sites for hydroxylation is 2. The quantitative estimate of drug-likeness (QED) is 0.903. The molecular formula is C14H18ClFN4O. The van der Waals surface area contributed by atoms with Crippen molar-refractivity contribution in [3.63, 3.8) is 0 Å². The molecule has 0 aliphatic carbocycles. The van der Waals surface area contributed by atoms with Crippen molar-refractivity contribution in [3.05, 3.63) is 47.0 Å². The summed E-state index contributed by atoms with van der Waals surface area (Å²) in [5.74, 6) is -0.828. The molecule has 0 aliphatic heterocycles. The van der Waals surface area contributed by atoms with Crippen LogP contribution >= 0.6 is 12.4 Å². The molecule has 1 heterocycles. The maximum atomic E-state index is 14.1. The average Bonchev–Trinajstić information content (AvgIpc) is 2.74. The molecule has 0 saturated heterocycles. The highest BCUT2D eigenvalue weighted by molar-refractivity contribution is 5.94. The summed E-state index contributed by atoms with van der Waals surface area (Å²) in [5, 5.41) is 6.82. The molecular weight excluding hydrogens is 295 g/mol. The molecule has 5 nitrogen and oxygen atoms in total. The zero-order chi connectivity index (χ0) is 14.7. The SMILES string of the molecule is Cc1cc(C)n(-c2ccc(C(=O)NCCN)cc2F)n1.Cl. The van der Waals surface area contributed by atoms with Gasteiger partial charge in [-0.15, -0.1) is 12.4 Å². The van der Waals surface area contributed by atoms with Gasteiger partial charge in [-0.05, 0) is 38.1 Å². The Morgan fingerprint density at radius 3 is 2.62 bits per heavy atom. The van der Waals surface area contributed by atoms with Crippen molar-refractivity contribution in [2.45, 2.75) is 13.8 Å². The second-order valence-corrected chi connectivity index (χ2v) is 4.55. The minimum absolute atomic E-state index is 0. The lowest BCUT2D eigenvalue weighted by molar-refractivity contribution is 0.0954. The highest BCUT2D eigenvalue weighted by Gasteiger charge is 2.12. The van der Waals surface area contributed by atoms with Gasteiger partial charge in [-0.3, -0.25) is 4.79 Å². The highest BCUT2D eigenvalue weighted by atomic mass is 35.5. The van der Waals surface area contributed by atoms with Crippen LogP contribution in [-0.4, -0.2) is 28.8 Å². The second kappa shape index (κ2) is 7.19. The number of halogens is 2. The molecule has 7 heteroatoms. The van der Waals surface area contributed by atoms with E-state index in [4.69, 9.17) is 5.73 Å². The molecule has 2 aromatic rings. The first kappa shape index (κ1) is 17.1. The van der Waals surface area contributed by atoms with Gasteiger partial charge in [-0.1, -0.05) is 0 Å². The summed E-state index contributed by atoms with van der Waals surface area (Å²) < 4.78 is 15.7. The molecule has 2 rings (SSSR count). The second-order valence-electron chi connectivity index (χ2n) is 4.55. The minimum atomic E-state index is -0.489. The van der Waals surface area contributed by atoms with Crippen molar-refractivity contribution in [2.24, 2.45) is 5.73 Å². The van der Waals surface area contributed by atoms with Gasteiger partial charge in [0, 0.05) is 24.3 Å². The Bertz CT molecular complexity index is 642. The first-order valence-electron chi connectivity index (χ1n) is 6.34. The Morgan fingerprint density at radius 1 is 1.38 bits per heavy atom. The number of hydrogen-bond acceptors (Lipinski definition) is 3. The molecule has 0 bridgehead atoms. The Balaban J connectivity index is 0.00000220. The van der Waals surface area contributed by atoms with E-state index in [1.807, 2.05) is 19.9 Å². The summed E-state index contributed by atoms with van der Waals surface area (Å²) in [6.45, 7) is 4.40. The fourth-order valence-corrected chi connectivity index (χ4v) is 1.98. The third-order valence-corrected chi connectivity index (χ3v) is 2.88. The smallest absolute Gasteiger partial charge is 0.251 e. The predicted molar refractivity (Wildman–Crippen MR) is 81.6 cm³/mol. The molecule has 21 heavy (non-hydrogen) atoms. The van der Waals surface area contributed by atoms with Gasteiger partial charge in [-0.2, -0.15) is 5.10 Å². The Hall–Kier alpha value is -1.92. The van der Waals surface area contributed by atoms with E-state index in [9.17, 15) is 9.18 Å². The summed E-state index contributed by atoms with van der Waals surface area (Å²) >= 11 is 0. The molecule has 0 unspecified atom stereocenters. The van der Waals surface area contributed by atoms with Crippen molar-refractivity contribution in [2.75, 3.05) is 13.1 Å². The molecule has 1 aromatic carbocycles. The summed E-state index contributed by atoms with van der Waals surface area (Å²) in [6.07, 6.45) is 0. The van der Waals surface area contributed by atoms with E-state index >= 15 is 0 Å². The summed E-state index contributed by atoms with van der Waals surface area (Å²) in [7, 11) is 0. The molecule has 3 N–H and O–H groups in total. The number of nitrogens with one attached hydrogen (secondary N) is 1. The van der Waals surface area contributed by atoms with E-state index in [0.29, 0.717) is 18.8 Å². The van der Waals surface area contributed by atoms with Crippen LogP contribution in [0.2, 0.25) is 0 Å². The highest BCUT2D eigenvalue weighted by Crippen LogP contribution is 2.17. The van der Waals surface area contributed by atoms with Crippen LogP contribution in [0.4, 0.5) is 4.39 Å². The monoisotopic (exact) mass is 312 g/mol. The fourth-order valence-electron chi connectivity index (χ4n) is 1.98. The van der Waals surface area contributed by atoms with Gasteiger partial charge < -0.3 is 11.1 Å². The number of aromatic nitrogens is 2. The third-order valence-electron chi connectivity index (χ3n) is 2.88. The molecule has 0 aliphatic rings. The van der Waals surface area contributed by atoms with Crippen LogP contribution in [0, 0.1) is 19.7 Å². The van der Waals surface area contributed by atoms with Crippen molar-refractivity contribution >= 4 is 18.3 Å². The summed E-state index contributed by atoms with van der Waals surface area (Å²) in [6, 6.07) is 6.19. The van der Waals surface area contributed by atoms with E-state index in [1.54, 1.807) is 12.1 Å². The van der Waals surface area contributed by atoms with Crippen LogP contribution < -0.4 is 11.1 Å². The topological polar surface area (TPSA) is 72.9 Å². The van der Waals surface area contributed by atoms with Crippen molar-refractivity contribution in [1.29, 1.82) is 0 Å². The molecule has 0 radical (unpaired) electrons. The number of carbonyl (C=O) groups excluding carboxylic acids is 1. The Morgan fingerprint density at radius 2 is 2.10 bits per heavy atom. The number of carbonyl (C=O) groups is 1. The van der Waals surface area contributed by atoms with Crippen molar-refractivity contribution < 1.29 is 9.18 Å². The molecule has 1 aromatic heterocycles. The molecule has 1 amide bonds. The van der Waals surface area contributed by atoms with Crippen LogP contribution in [0.25, 0.3) is 5.69 Å². The minimum Gasteiger partial charge on any atom is -0.351 e. The van der Waals surface area contributed by atoms with Gasteiger partial charge in [0.15, 0.2) is 0 Å². The standard InChI is InChI=1S/C14H17FN4O.ClH/c1-9-7-10(2)19(18-9)13-4-3-11(8-12(13)15)14(20)17-6-5-16;/h3-4,7-8H,5-6,16H2,1-2H3,(H,17,20);1H. The van der Waals surface area contributed by atoms with E-state index in [1.165, 1.54) is 10.7 Å². The van der Waals surface area contributed by atoms with E-state index in [2.05, 4.69) is 10.4 Å². The van der Waals surface area contributed by atoms with Crippen LogP contribution in [0.1, 0.15) is 21.7 Å². The first-order chi connectivity index (χ1) is 9.52. The fraction of sp³-hybridized carbons (Fsp3) is 0.286. The summed E-state index contributed by atoms with van der Waals surface area (Å²) in [5.41, 5.74) is 7.54. The van der Waals surface area contributed by atoms with Crippen LogP contribution in [0.15, 0.2) is 24.3 Å². The van der Waals surface area contributed by atoms with E-state index < -0.39 is 5.82 Å². The maximum absolute atomic E-state index is 14.1. The molecule has 0 saturated carbocycles. The lowest BCUT2D eigenvalue weighted by Crippen LogP contribution is -2.29. The Labute approximate surface area is 128 Å². The largest absolute Gasteiger partial charge is 0.351 e. The number of rotatable bonds is 4. The number of benzene rings is 1. The van der Waals surface area contributed by atoms with Gasteiger partial charge in [0.05, 0.1) is 5.69 Å². The maximum Gasteiger partial charge on any atom is 0.251 e. The number of hydrogen-bond donors (Lipinski definition) is 2. The van der Waals surface area contributed by atoms with Crippen LogP contribution in [-0.2, 0) is 0 Å². The molecule has 0 atom stereocenters. The number of nitrogens with two attached hydrogens (primary N) is 1. The van der Waals surface area contributed by atoms with Crippen molar-refractivity contribution in [1.82, 2.24) is 15.1 Å². The van der Waals surface area contributed by atoms with Gasteiger partial charge in [0.2, 0.25) is 0 Å². The van der Waals surface area contributed by atoms with Gasteiger partial charge in [-0.25, -0.2) is 9.07 Å². The summed E-state index contributed by atoms with van der Waals surface area (Å²) in [4.78, 5) is 11.7. The lowest BCUT2D eigenvalue weighted by atomic mass is 10.2. The average molecular weight is 313 g/mol. The molecule has 114 valence electrons. The van der Waals surface area contributed by atoms with Crippen LogP contribution in [0.3, 0.4) is 0 Å². The molecule has 0 fully saturated rings. The first-order valence-corrected chi connectivity index (χ1v) is 6.34. The molecule has 0 spiro atoms. The van der Waals surface area contributed by atoms with Gasteiger partial charge in [0.1, 0.15) is 11.5 Å². The normalized spacial score (nSPS) is 10.1. The Kier molecular flexibility index (Phi) is 5.87. The zero-order valence-electron chi connectivity index (χ0n) is 11.9. The lowest BCUT2D eigenvalue weighted by Gasteiger charge is -2.08. The van der Waals surface area contributed by atoms with Gasteiger partial charge >= 0.3 is 0 Å². The van der Waals surface area contributed by atoms with E-state index in [-0.39, 0.29) is 23.9 Å². The zero-order valence-corrected chi connectivity index (χ0v) is 12.7. The number of amides is 1. The van der Waals surface area contributed by atoms with Gasteiger partial charge in [0.25, 0.3) is 5.91 Å². The predicted octanol–water partition coefficient (Wildman–Crippen LogP) is 1.74. The third kappa shape index (κ3) is 3.80.